The molecule has 0 radical (unpaired) electrons. The van der Waals surface area contributed by atoms with E-state index in [4.69, 9.17) is 13.9 Å². The minimum Gasteiger partial charge on any atom is -0.457 e. The van der Waals surface area contributed by atoms with Gasteiger partial charge in [-0.25, -0.2) is 0 Å². The minimum atomic E-state index is -0.175. The second kappa shape index (κ2) is 10.0. The van der Waals surface area contributed by atoms with Crippen molar-refractivity contribution >= 4 is 17.2 Å². The Hall–Kier alpha value is -3.49. The van der Waals surface area contributed by atoms with Crippen molar-refractivity contribution in [1.29, 1.82) is 0 Å². The number of benzene rings is 2. The fraction of sp³-hybridized carbons (Fsp3) is 0.174. The Labute approximate surface area is 183 Å². The van der Waals surface area contributed by atoms with E-state index < -0.39 is 0 Å². The molecular formula is C23H21N3O4S. The Balaban J connectivity index is 1.51. The molecule has 2 aromatic carbocycles. The molecule has 0 aliphatic rings. The van der Waals surface area contributed by atoms with Crippen LogP contribution in [0.25, 0.3) is 10.8 Å². The van der Waals surface area contributed by atoms with Gasteiger partial charge in [0.05, 0.1) is 18.0 Å². The molecule has 0 spiro atoms. The fourth-order valence-electron chi connectivity index (χ4n) is 2.93. The van der Waals surface area contributed by atoms with Crippen molar-refractivity contribution in [1.82, 2.24) is 15.1 Å². The van der Waals surface area contributed by atoms with Crippen LogP contribution < -0.4 is 4.74 Å². The van der Waals surface area contributed by atoms with E-state index in [1.807, 2.05) is 53.9 Å². The summed E-state index contributed by atoms with van der Waals surface area (Å²) in [5, 5.41) is 10.1. The Kier molecular flexibility index (Phi) is 6.71. The number of ether oxygens (including phenoxy) is 2. The number of carbonyl (C=O) groups excluding carboxylic acids is 1. The molecule has 0 bridgehead atoms. The Morgan fingerprint density at radius 2 is 1.87 bits per heavy atom. The van der Waals surface area contributed by atoms with Gasteiger partial charge in [-0.3, -0.25) is 4.79 Å². The van der Waals surface area contributed by atoms with Gasteiger partial charge in [-0.1, -0.05) is 30.3 Å². The lowest BCUT2D eigenvalue weighted by Gasteiger charge is -2.21. The molecule has 2 aromatic heterocycles. The zero-order valence-corrected chi connectivity index (χ0v) is 17.7. The van der Waals surface area contributed by atoms with E-state index >= 15 is 0 Å². The third-order valence-corrected chi connectivity index (χ3v) is 5.30. The van der Waals surface area contributed by atoms with Gasteiger partial charge in [-0.15, -0.1) is 21.5 Å². The van der Waals surface area contributed by atoms with Crippen molar-refractivity contribution in [2.24, 2.45) is 0 Å². The number of nitrogens with zero attached hydrogens (tertiary/aromatic N) is 3. The van der Waals surface area contributed by atoms with Crippen LogP contribution >= 0.6 is 11.3 Å². The van der Waals surface area contributed by atoms with Crippen molar-refractivity contribution in [3.8, 4) is 22.3 Å². The van der Waals surface area contributed by atoms with E-state index in [0.717, 1.165) is 4.88 Å². The molecule has 1 amide bonds. The second-order valence-corrected chi connectivity index (χ2v) is 7.59. The smallest absolute Gasteiger partial charge is 0.257 e. The third kappa shape index (κ3) is 5.36. The maximum Gasteiger partial charge on any atom is 0.257 e. The highest BCUT2D eigenvalue weighted by Gasteiger charge is 2.20. The molecule has 4 aromatic rings. The maximum absolute atomic E-state index is 13.2. The summed E-state index contributed by atoms with van der Waals surface area (Å²) < 4.78 is 16.8. The van der Waals surface area contributed by atoms with E-state index in [1.165, 1.54) is 11.3 Å². The van der Waals surface area contributed by atoms with E-state index in [-0.39, 0.29) is 12.5 Å². The number of rotatable bonds is 9. The zero-order valence-electron chi connectivity index (χ0n) is 16.9. The van der Waals surface area contributed by atoms with Crippen LogP contribution in [0.4, 0.5) is 0 Å². The predicted molar refractivity (Wildman–Crippen MR) is 117 cm³/mol. The van der Waals surface area contributed by atoms with Crippen LogP contribution in [0.1, 0.15) is 16.2 Å². The maximum atomic E-state index is 13.2. The summed E-state index contributed by atoms with van der Waals surface area (Å²) in [6, 6.07) is 20.3. The lowest BCUT2D eigenvalue weighted by atomic mass is 10.2. The van der Waals surface area contributed by atoms with Crippen LogP contribution in [0.3, 0.4) is 0 Å². The molecule has 0 atom stereocenters. The van der Waals surface area contributed by atoms with Crippen molar-refractivity contribution in [2.45, 2.75) is 6.54 Å². The molecule has 0 fully saturated rings. The number of hydrogen-bond donors (Lipinski definition) is 0. The van der Waals surface area contributed by atoms with Gasteiger partial charge >= 0.3 is 0 Å². The largest absolute Gasteiger partial charge is 0.457 e. The van der Waals surface area contributed by atoms with E-state index in [2.05, 4.69) is 10.2 Å². The minimum absolute atomic E-state index is 0.175. The Bertz CT molecular complexity index is 1110. The van der Waals surface area contributed by atoms with Gasteiger partial charge in [0.25, 0.3) is 11.8 Å². The molecule has 158 valence electrons. The first-order chi connectivity index (χ1) is 15.2. The van der Waals surface area contributed by atoms with Gasteiger partial charge in [0.1, 0.15) is 11.5 Å². The third-order valence-electron chi connectivity index (χ3n) is 4.44. The number of amides is 1. The fourth-order valence-corrected chi connectivity index (χ4v) is 3.58. The standard InChI is InChI=1S/C23H21N3O4S/c1-28-13-12-26(16-21-24-25-22(30-21)20-11-6-14-31-20)23(27)17-7-5-10-19(15-17)29-18-8-3-2-4-9-18/h2-11,14-15H,12-13,16H2,1H3. The SMILES string of the molecule is COCCN(Cc1nnc(-c2cccs2)o1)C(=O)c1cccc(Oc2ccccc2)c1. The van der Waals surface area contributed by atoms with Gasteiger partial charge in [-0.2, -0.15) is 0 Å². The number of thiophene rings is 1. The topological polar surface area (TPSA) is 77.7 Å². The van der Waals surface area contributed by atoms with Crippen molar-refractivity contribution in [2.75, 3.05) is 20.3 Å². The quantitative estimate of drug-likeness (QED) is 0.373. The molecule has 0 unspecified atom stereocenters. The summed E-state index contributed by atoms with van der Waals surface area (Å²) >= 11 is 1.52. The van der Waals surface area contributed by atoms with E-state index in [9.17, 15) is 4.79 Å². The van der Waals surface area contributed by atoms with Gasteiger partial charge in [0.2, 0.25) is 5.89 Å². The van der Waals surface area contributed by atoms with E-state index in [0.29, 0.717) is 42.0 Å². The highest BCUT2D eigenvalue weighted by molar-refractivity contribution is 7.13. The van der Waals surface area contributed by atoms with Gasteiger partial charge in [0.15, 0.2) is 0 Å². The number of methoxy groups -OCH3 is 1. The first-order valence-electron chi connectivity index (χ1n) is 9.70. The average Bonchev–Trinajstić information content (AvgIpc) is 3.49. The molecule has 4 rings (SSSR count). The van der Waals surface area contributed by atoms with Crippen LogP contribution in [0.5, 0.6) is 11.5 Å². The van der Waals surface area contributed by atoms with Gasteiger partial charge < -0.3 is 18.8 Å². The highest BCUT2D eigenvalue weighted by atomic mass is 32.1. The van der Waals surface area contributed by atoms with Crippen LogP contribution in [-0.4, -0.2) is 41.3 Å². The molecule has 0 aliphatic heterocycles. The first kappa shape index (κ1) is 20.8. The lowest BCUT2D eigenvalue weighted by Crippen LogP contribution is -2.33. The van der Waals surface area contributed by atoms with Crippen molar-refractivity contribution in [3.63, 3.8) is 0 Å². The molecule has 0 N–H and O–H groups in total. The van der Waals surface area contributed by atoms with Crippen molar-refractivity contribution < 1.29 is 18.7 Å². The van der Waals surface area contributed by atoms with Gasteiger partial charge in [0, 0.05) is 19.2 Å². The molecule has 8 heteroatoms. The summed E-state index contributed by atoms with van der Waals surface area (Å²) in [5.41, 5.74) is 0.502. The zero-order chi connectivity index (χ0) is 21.5. The number of hydrogen-bond acceptors (Lipinski definition) is 7. The summed E-state index contributed by atoms with van der Waals surface area (Å²) in [4.78, 5) is 15.7. The second-order valence-electron chi connectivity index (χ2n) is 6.64. The van der Waals surface area contributed by atoms with Crippen LogP contribution in [0.2, 0.25) is 0 Å². The average molecular weight is 436 g/mol. The predicted octanol–water partition coefficient (Wildman–Crippen LogP) is 4.88. The monoisotopic (exact) mass is 435 g/mol. The molecule has 0 aliphatic carbocycles. The Morgan fingerprint density at radius 1 is 1.03 bits per heavy atom. The molecule has 0 saturated heterocycles. The van der Waals surface area contributed by atoms with E-state index in [1.54, 1.807) is 30.2 Å². The molecular weight excluding hydrogens is 414 g/mol. The first-order valence-corrected chi connectivity index (χ1v) is 10.6. The van der Waals surface area contributed by atoms with Gasteiger partial charge in [-0.05, 0) is 41.8 Å². The van der Waals surface area contributed by atoms with Crippen LogP contribution in [0, 0.1) is 0 Å². The van der Waals surface area contributed by atoms with Crippen LogP contribution in [0.15, 0.2) is 76.5 Å². The lowest BCUT2D eigenvalue weighted by molar-refractivity contribution is 0.0663. The number of aromatic nitrogens is 2. The van der Waals surface area contributed by atoms with Crippen LogP contribution in [-0.2, 0) is 11.3 Å². The number of carbonyl (C=O) groups is 1. The summed E-state index contributed by atoms with van der Waals surface area (Å²) in [5.74, 6) is 1.93. The Morgan fingerprint density at radius 3 is 2.65 bits per heavy atom. The molecule has 7 nitrogen and oxygen atoms in total. The summed E-state index contributed by atoms with van der Waals surface area (Å²) in [6.45, 7) is 0.956. The summed E-state index contributed by atoms with van der Waals surface area (Å²) in [6.07, 6.45) is 0. The summed E-state index contributed by atoms with van der Waals surface area (Å²) in [7, 11) is 1.60. The normalized spacial score (nSPS) is 10.7. The molecule has 0 saturated carbocycles. The highest BCUT2D eigenvalue weighted by Crippen LogP contribution is 2.25. The van der Waals surface area contributed by atoms with Crippen molar-refractivity contribution in [3.05, 3.63) is 83.6 Å². The number of para-hydroxylation sites is 1. The molecule has 2 heterocycles. The molecule has 31 heavy (non-hydrogen) atoms.